The van der Waals surface area contributed by atoms with Crippen molar-refractivity contribution in [2.24, 2.45) is 5.73 Å². The summed E-state index contributed by atoms with van der Waals surface area (Å²) < 4.78 is 5.18. The Bertz CT molecular complexity index is 462. The summed E-state index contributed by atoms with van der Waals surface area (Å²) in [5.41, 5.74) is 5.73. The van der Waals surface area contributed by atoms with Crippen molar-refractivity contribution in [1.82, 2.24) is 5.32 Å². The fourth-order valence-corrected chi connectivity index (χ4v) is 2.17. The van der Waals surface area contributed by atoms with E-state index in [1.807, 2.05) is 18.2 Å². The molecule has 1 amide bonds. The number of hydrogen-bond acceptors (Lipinski definition) is 4. The molecule has 0 bridgehead atoms. The first-order valence-corrected chi connectivity index (χ1v) is 5.74. The number of amides is 1. The zero-order valence-electron chi connectivity index (χ0n) is 8.60. The summed E-state index contributed by atoms with van der Waals surface area (Å²) >= 11 is 1.52. The summed E-state index contributed by atoms with van der Waals surface area (Å²) in [6, 6.07) is 5.58. The number of rotatable bonds is 5. The standard InChI is InChI=1S/C11H12N2O2S/c12-11(14)8-4-10(16-7-8)6-13-5-9-2-1-3-15-9/h1-4,7,13H,5-6H2,(H2,12,14). The van der Waals surface area contributed by atoms with E-state index in [1.54, 1.807) is 11.6 Å². The summed E-state index contributed by atoms with van der Waals surface area (Å²) in [6.45, 7) is 1.38. The van der Waals surface area contributed by atoms with Gasteiger partial charge in [0.05, 0.1) is 18.4 Å². The highest BCUT2D eigenvalue weighted by atomic mass is 32.1. The van der Waals surface area contributed by atoms with E-state index in [2.05, 4.69) is 5.32 Å². The number of carbonyl (C=O) groups is 1. The largest absolute Gasteiger partial charge is 0.468 e. The van der Waals surface area contributed by atoms with Crippen molar-refractivity contribution in [3.63, 3.8) is 0 Å². The highest BCUT2D eigenvalue weighted by Crippen LogP contribution is 2.14. The number of primary amides is 1. The van der Waals surface area contributed by atoms with Crippen LogP contribution in [0.25, 0.3) is 0 Å². The van der Waals surface area contributed by atoms with Gasteiger partial charge in [-0.1, -0.05) is 0 Å². The monoisotopic (exact) mass is 236 g/mol. The fraction of sp³-hybridized carbons (Fsp3) is 0.182. The van der Waals surface area contributed by atoms with E-state index in [0.29, 0.717) is 18.7 Å². The molecule has 5 heteroatoms. The van der Waals surface area contributed by atoms with Crippen LogP contribution in [0.4, 0.5) is 0 Å². The third kappa shape index (κ3) is 2.71. The van der Waals surface area contributed by atoms with Gasteiger partial charge in [-0.05, 0) is 18.2 Å². The van der Waals surface area contributed by atoms with Crippen LogP contribution in [-0.4, -0.2) is 5.91 Å². The van der Waals surface area contributed by atoms with E-state index in [9.17, 15) is 4.79 Å². The summed E-state index contributed by atoms with van der Waals surface area (Å²) in [5, 5.41) is 4.99. The van der Waals surface area contributed by atoms with E-state index in [4.69, 9.17) is 10.2 Å². The highest BCUT2D eigenvalue weighted by molar-refractivity contribution is 7.10. The minimum absolute atomic E-state index is 0.381. The Hall–Kier alpha value is -1.59. The topological polar surface area (TPSA) is 68.3 Å². The normalized spacial score (nSPS) is 10.5. The maximum Gasteiger partial charge on any atom is 0.249 e. The molecule has 16 heavy (non-hydrogen) atoms. The SMILES string of the molecule is NC(=O)c1csc(CNCc2ccco2)c1. The second-order valence-corrected chi connectivity index (χ2v) is 4.34. The van der Waals surface area contributed by atoms with Gasteiger partial charge in [-0.15, -0.1) is 11.3 Å². The van der Waals surface area contributed by atoms with Crippen molar-refractivity contribution in [2.75, 3.05) is 0 Å². The molecule has 84 valence electrons. The van der Waals surface area contributed by atoms with Gasteiger partial charge in [0, 0.05) is 16.8 Å². The molecule has 2 heterocycles. The molecular formula is C11H12N2O2S. The molecule has 0 aliphatic rings. The number of nitrogens with one attached hydrogen (secondary N) is 1. The van der Waals surface area contributed by atoms with Crippen LogP contribution in [-0.2, 0) is 13.1 Å². The second-order valence-electron chi connectivity index (χ2n) is 3.35. The first-order valence-electron chi connectivity index (χ1n) is 4.86. The predicted octanol–water partition coefficient (Wildman–Crippen LogP) is 1.73. The zero-order valence-corrected chi connectivity index (χ0v) is 9.42. The lowest BCUT2D eigenvalue weighted by molar-refractivity contribution is 0.100. The van der Waals surface area contributed by atoms with Crippen LogP contribution in [0.2, 0.25) is 0 Å². The molecule has 2 rings (SSSR count). The molecule has 4 nitrogen and oxygen atoms in total. The molecule has 0 spiro atoms. The summed E-state index contributed by atoms with van der Waals surface area (Å²) in [4.78, 5) is 12.0. The molecule has 0 saturated heterocycles. The van der Waals surface area contributed by atoms with Crippen LogP contribution in [0.1, 0.15) is 21.0 Å². The molecular weight excluding hydrogens is 224 g/mol. The molecule has 2 aromatic rings. The van der Waals surface area contributed by atoms with E-state index < -0.39 is 0 Å². The molecule has 0 saturated carbocycles. The quantitative estimate of drug-likeness (QED) is 0.830. The smallest absolute Gasteiger partial charge is 0.249 e. The van der Waals surface area contributed by atoms with Gasteiger partial charge in [-0.2, -0.15) is 0 Å². The Labute approximate surface area is 97.1 Å². The van der Waals surface area contributed by atoms with Crippen molar-refractivity contribution in [1.29, 1.82) is 0 Å². The minimum Gasteiger partial charge on any atom is -0.468 e. The van der Waals surface area contributed by atoms with Crippen LogP contribution in [0.15, 0.2) is 34.3 Å². The van der Waals surface area contributed by atoms with Gasteiger partial charge in [-0.25, -0.2) is 0 Å². The average molecular weight is 236 g/mol. The highest BCUT2D eigenvalue weighted by Gasteiger charge is 2.04. The number of hydrogen-bond donors (Lipinski definition) is 2. The number of nitrogens with two attached hydrogens (primary N) is 1. The van der Waals surface area contributed by atoms with Gasteiger partial charge < -0.3 is 15.5 Å². The molecule has 0 atom stereocenters. The Morgan fingerprint density at radius 3 is 3.00 bits per heavy atom. The summed E-state index contributed by atoms with van der Waals surface area (Å²) in [7, 11) is 0. The van der Waals surface area contributed by atoms with Crippen molar-refractivity contribution >= 4 is 17.2 Å². The molecule has 0 radical (unpaired) electrons. The summed E-state index contributed by atoms with van der Waals surface area (Å²) in [6.07, 6.45) is 1.65. The average Bonchev–Trinajstić information content (AvgIpc) is 2.87. The van der Waals surface area contributed by atoms with Gasteiger partial charge in [0.15, 0.2) is 0 Å². The first kappa shape index (κ1) is 10.9. The van der Waals surface area contributed by atoms with Gasteiger partial charge in [0.25, 0.3) is 0 Å². The lowest BCUT2D eigenvalue weighted by Crippen LogP contribution is -2.12. The molecule has 0 aliphatic heterocycles. The second kappa shape index (κ2) is 4.96. The fourth-order valence-electron chi connectivity index (χ4n) is 1.32. The third-order valence-electron chi connectivity index (χ3n) is 2.12. The van der Waals surface area contributed by atoms with Crippen LogP contribution in [0.3, 0.4) is 0 Å². The molecule has 3 N–H and O–H groups in total. The lowest BCUT2D eigenvalue weighted by atomic mass is 10.3. The van der Waals surface area contributed by atoms with Gasteiger partial charge in [-0.3, -0.25) is 4.79 Å². The Balaban J connectivity index is 1.83. The maximum absolute atomic E-state index is 10.9. The van der Waals surface area contributed by atoms with Crippen LogP contribution >= 0.6 is 11.3 Å². The number of furan rings is 1. The van der Waals surface area contributed by atoms with Crippen molar-refractivity contribution < 1.29 is 9.21 Å². The van der Waals surface area contributed by atoms with Crippen molar-refractivity contribution in [2.45, 2.75) is 13.1 Å². The third-order valence-corrected chi connectivity index (χ3v) is 3.05. The van der Waals surface area contributed by atoms with E-state index in [1.165, 1.54) is 11.3 Å². The van der Waals surface area contributed by atoms with Crippen LogP contribution in [0, 0.1) is 0 Å². The molecule has 0 aliphatic carbocycles. The molecule has 0 aromatic carbocycles. The summed E-state index contributed by atoms with van der Waals surface area (Å²) in [5.74, 6) is 0.514. The van der Waals surface area contributed by atoms with E-state index in [0.717, 1.165) is 10.6 Å². The Kier molecular flexibility index (Phi) is 3.38. The van der Waals surface area contributed by atoms with Gasteiger partial charge >= 0.3 is 0 Å². The Morgan fingerprint density at radius 1 is 1.50 bits per heavy atom. The van der Waals surface area contributed by atoms with Gasteiger partial charge in [0.2, 0.25) is 5.91 Å². The number of carbonyl (C=O) groups excluding carboxylic acids is 1. The number of thiophene rings is 1. The van der Waals surface area contributed by atoms with Crippen LogP contribution < -0.4 is 11.1 Å². The zero-order chi connectivity index (χ0) is 11.4. The van der Waals surface area contributed by atoms with E-state index in [-0.39, 0.29) is 5.91 Å². The van der Waals surface area contributed by atoms with Crippen molar-refractivity contribution in [3.8, 4) is 0 Å². The van der Waals surface area contributed by atoms with Crippen molar-refractivity contribution in [3.05, 3.63) is 46.0 Å². The van der Waals surface area contributed by atoms with E-state index >= 15 is 0 Å². The maximum atomic E-state index is 10.9. The Morgan fingerprint density at radius 2 is 2.38 bits per heavy atom. The predicted molar refractivity (Wildman–Crippen MR) is 62.1 cm³/mol. The molecule has 2 aromatic heterocycles. The van der Waals surface area contributed by atoms with Gasteiger partial charge in [0.1, 0.15) is 5.76 Å². The molecule has 0 unspecified atom stereocenters. The lowest BCUT2D eigenvalue weighted by Gasteiger charge is -1.99. The van der Waals surface area contributed by atoms with Crippen LogP contribution in [0.5, 0.6) is 0 Å². The molecule has 0 fully saturated rings. The first-order chi connectivity index (χ1) is 7.75. The minimum atomic E-state index is -0.381.